The van der Waals surface area contributed by atoms with E-state index in [-0.39, 0.29) is 17.0 Å². The average molecular weight is 637 g/mol. The fourth-order valence-electron chi connectivity index (χ4n) is 3.50. The number of aliphatic hydroxyl groups is 1. The van der Waals surface area contributed by atoms with Crippen LogP contribution in [0.25, 0.3) is 23.3 Å². The summed E-state index contributed by atoms with van der Waals surface area (Å²) < 4.78 is 71.5. The number of aliphatic hydroxyl groups excluding tert-OH is 1. The summed E-state index contributed by atoms with van der Waals surface area (Å²) in [5.74, 6) is -0.0114. The molecule has 18 nitrogen and oxygen atoms in total. The summed E-state index contributed by atoms with van der Waals surface area (Å²) in [5.41, 5.74) is 8.14. The van der Waals surface area contributed by atoms with Crippen molar-refractivity contribution in [2.75, 3.05) is 12.3 Å². The van der Waals surface area contributed by atoms with Crippen molar-refractivity contribution in [3.8, 4) is 0 Å². The van der Waals surface area contributed by atoms with Crippen LogP contribution in [0.3, 0.4) is 0 Å². The van der Waals surface area contributed by atoms with Crippen LogP contribution in [-0.2, 0) is 37.3 Å². The van der Waals surface area contributed by atoms with Gasteiger partial charge in [-0.05, 0) is 11.1 Å². The first kappa shape index (κ1) is 32.6. The Hall–Kier alpha value is -2.90. The van der Waals surface area contributed by atoms with Crippen molar-refractivity contribution in [2.45, 2.75) is 24.5 Å². The fourth-order valence-corrected chi connectivity index (χ4v) is 5.54. The third kappa shape index (κ3) is 9.04. The van der Waals surface area contributed by atoms with E-state index in [0.29, 0.717) is 0 Å². The van der Waals surface area contributed by atoms with Gasteiger partial charge in [-0.1, -0.05) is 49.6 Å². The third-order valence-corrected chi connectivity index (χ3v) is 7.73. The summed E-state index contributed by atoms with van der Waals surface area (Å²) in [6, 6.07) is 8.07. The second-order valence-electron chi connectivity index (χ2n) is 8.04. The van der Waals surface area contributed by atoms with Crippen LogP contribution in [0.4, 0.5) is 5.82 Å². The molecule has 0 bridgehead atoms. The lowest BCUT2D eigenvalue weighted by Gasteiger charge is -2.21. The number of anilines is 1. The molecule has 3 heterocycles. The van der Waals surface area contributed by atoms with Crippen LogP contribution in [0.5, 0.6) is 0 Å². The molecule has 0 radical (unpaired) electrons. The van der Waals surface area contributed by atoms with E-state index in [4.69, 9.17) is 24.8 Å². The molecule has 1 saturated heterocycles. The van der Waals surface area contributed by atoms with Gasteiger partial charge in [0.25, 0.3) is 0 Å². The molecule has 1 fully saturated rings. The summed E-state index contributed by atoms with van der Waals surface area (Å²) in [6.45, 7) is 6.26. The minimum atomic E-state index is -5.39. The van der Waals surface area contributed by atoms with Crippen molar-refractivity contribution >= 4 is 55.2 Å². The highest BCUT2D eigenvalue weighted by atomic mass is 32.3. The van der Waals surface area contributed by atoms with Gasteiger partial charge in [-0.3, -0.25) is 18.2 Å². The van der Waals surface area contributed by atoms with Crippen LogP contribution in [-0.4, -0.2) is 77.2 Å². The van der Waals surface area contributed by atoms with Gasteiger partial charge in [0.05, 0.1) is 12.9 Å². The van der Waals surface area contributed by atoms with Gasteiger partial charge in [0.15, 0.2) is 17.7 Å². The number of hydrogen-bond donors (Lipinski definition) is 6. The molecule has 21 heteroatoms. The monoisotopic (exact) mass is 637 g/mol. The van der Waals surface area contributed by atoms with Gasteiger partial charge in [-0.25, -0.2) is 24.1 Å². The number of nitrogens with two attached hydrogens (primary N) is 1. The number of benzene rings is 1. The highest BCUT2D eigenvalue weighted by Gasteiger charge is 2.49. The van der Waals surface area contributed by atoms with Gasteiger partial charge in [0.1, 0.15) is 30.2 Å². The molecule has 1 unspecified atom stereocenters. The molecule has 7 N–H and O–H groups in total. The summed E-state index contributed by atoms with van der Waals surface area (Å²) >= 11 is 0. The van der Waals surface area contributed by atoms with Crippen molar-refractivity contribution in [3.05, 3.63) is 61.2 Å². The Labute approximate surface area is 232 Å². The van der Waals surface area contributed by atoms with Crippen molar-refractivity contribution in [2.24, 2.45) is 0 Å². The van der Waals surface area contributed by atoms with Gasteiger partial charge >= 0.3 is 26.0 Å². The highest BCUT2D eigenvalue weighted by molar-refractivity contribution is 7.85. The molecule has 2 aromatic heterocycles. The normalized spacial score (nSPS) is 22.5. The predicted molar refractivity (Wildman–Crippen MR) is 142 cm³/mol. The van der Waals surface area contributed by atoms with E-state index in [1.807, 2.05) is 36.4 Å². The Morgan fingerprint density at radius 2 is 1.66 bits per heavy atom. The van der Waals surface area contributed by atoms with Crippen molar-refractivity contribution < 1.29 is 59.6 Å². The molecule has 4 rings (SSSR count). The average Bonchev–Trinajstić information content (AvgIpc) is 3.43. The predicted octanol–water partition coefficient (Wildman–Crippen LogP) is 1.05. The lowest BCUT2D eigenvalue weighted by Crippen LogP contribution is -2.35. The maximum absolute atomic E-state index is 11.6. The zero-order valence-corrected chi connectivity index (χ0v) is 23.3. The standard InChI is InChI=1S/C10H15N5O13P2S.C10H10/c11-8-5-9(13-2-12-8)15(3-14-5)10-6(16)7(27-29(17,18)19)4(26-10)1-25-30(20,21)28-31(22,23)24;1-3-9-5-7-10(4-2)8-6-9/h2-4,6-7,10,16H,1H2,(H,20,21)(H2,11,12,13)(H2,17,18,19)(H,22,23,24);3-8H,1-2H2/t4-,6-,7-,10-;/m1./s1. The number of fused-ring (bicyclic) bond motifs is 1. The number of ether oxygens (including phenoxy) is 1. The molecule has 3 aromatic rings. The summed E-state index contributed by atoms with van der Waals surface area (Å²) in [6.07, 6.45) is -0.890. The first-order chi connectivity index (χ1) is 19.0. The van der Waals surface area contributed by atoms with Crippen LogP contribution >= 0.6 is 15.6 Å². The number of hydrogen-bond acceptors (Lipinski definition) is 13. The molecule has 5 atom stereocenters. The van der Waals surface area contributed by atoms with Crippen LogP contribution in [0.15, 0.2) is 50.1 Å². The molecule has 224 valence electrons. The van der Waals surface area contributed by atoms with E-state index in [2.05, 4.69) is 41.1 Å². The van der Waals surface area contributed by atoms with Gasteiger partial charge < -0.3 is 30.3 Å². The van der Waals surface area contributed by atoms with Crippen molar-refractivity contribution in [3.63, 3.8) is 0 Å². The third-order valence-electron chi connectivity index (χ3n) is 5.23. The Morgan fingerprint density at radius 1 is 1.07 bits per heavy atom. The zero-order chi connectivity index (χ0) is 30.6. The van der Waals surface area contributed by atoms with E-state index < -0.39 is 57.2 Å². The molecule has 0 spiro atoms. The van der Waals surface area contributed by atoms with Crippen LogP contribution in [0, 0.1) is 0 Å². The smallest absolute Gasteiger partial charge is 0.386 e. The number of aromatic nitrogens is 4. The molecule has 0 amide bonds. The molecular weight excluding hydrogens is 612 g/mol. The maximum Gasteiger partial charge on any atom is 0.488 e. The van der Waals surface area contributed by atoms with Gasteiger partial charge in [-0.15, -0.1) is 3.97 Å². The Bertz CT molecular complexity index is 1570. The van der Waals surface area contributed by atoms with Crippen molar-refractivity contribution in [1.29, 1.82) is 0 Å². The molecule has 0 aliphatic carbocycles. The van der Waals surface area contributed by atoms with E-state index in [1.54, 1.807) is 0 Å². The maximum atomic E-state index is 11.6. The first-order valence-corrected chi connectivity index (χ1v) is 15.4. The highest BCUT2D eigenvalue weighted by Crippen LogP contribution is 2.48. The minimum Gasteiger partial charge on any atom is -0.386 e. The van der Waals surface area contributed by atoms with Crippen molar-refractivity contribution in [1.82, 2.24) is 19.5 Å². The topological polar surface area (TPSA) is 276 Å². The molecular formula is C20H25N5O13P2S. The van der Waals surface area contributed by atoms with Gasteiger partial charge in [0, 0.05) is 0 Å². The second-order valence-corrected chi connectivity index (χ2v) is 11.9. The number of nitrogens with zero attached hydrogens (tertiary/aromatic N) is 4. The Morgan fingerprint density at radius 3 is 2.17 bits per heavy atom. The lowest BCUT2D eigenvalue weighted by atomic mass is 10.1. The molecule has 1 aliphatic rings. The van der Waals surface area contributed by atoms with E-state index in [0.717, 1.165) is 28.3 Å². The Kier molecular flexibility index (Phi) is 10.3. The lowest BCUT2D eigenvalue weighted by molar-refractivity contribution is -0.0499. The number of rotatable bonds is 10. The number of phosphoric acid groups is 2. The summed E-state index contributed by atoms with van der Waals surface area (Å²) in [5, 5.41) is 10.5. The number of phosphoric ester groups is 2. The summed E-state index contributed by atoms with van der Waals surface area (Å²) in [7, 11) is -16.0. The first-order valence-electron chi connectivity index (χ1n) is 11.0. The van der Waals surface area contributed by atoms with Crippen LogP contribution < -0.4 is 5.73 Å². The van der Waals surface area contributed by atoms with E-state index in [1.165, 1.54) is 0 Å². The van der Waals surface area contributed by atoms with E-state index >= 15 is 0 Å². The Balaban J connectivity index is 0.000000389. The fraction of sp³-hybridized carbons (Fsp3) is 0.250. The zero-order valence-electron chi connectivity index (χ0n) is 20.7. The molecule has 41 heavy (non-hydrogen) atoms. The van der Waals surface area contributed by atoms with E-state index in [9.17, 15) is 27.5 Å². The number of imidazole rings is 1. The molecule has 0 saturated carbocycles. The van der Waals surface area contributed by atoms with Crippen LogP contribution in [0.2, 0.25) is 0 Å². The largest absolute Gasteiger partial charge is 0.488 e. The molecule has 1 aliphatic heterocycles. The SMILES string of the molecule is C=Cc1ccc(C=C)cc1.Nc1ncnc2c1ncn2[C@@H]1O[C@H](COP(=O)(O)OS(=O)(=O)O)[C@@H](OP(=O)(O)O)[C@H]1O. The van der Waals surface area contributed by atoms with Crippen LogP contribution in [0.1, 0.15) is 17.4 Å². The minimum absolute atomic E-state index is 0.0114. The quantitative estimate of drug-likeness (QED) is 0.134. The molecule has 1 aromatic carbocycles. The van der Waals surface area contributed by atoms with Gasteiger partial charge in [0.2, 0.25) is 0 Å². The number of nitrogen functional groups attached to an aromatic ring is 1. The second kappa shape index (κ2) is 13.0. The summed E-state index contributed by atoms with van der Waals surface area (Å²) in [4.78, 5) is 39.1. The van der Waals surface area contributed by atoms with Gasteiger partial charge in [-0.2, -0.15) is 8.42 Å².